The summed E-state index contributed by atoms with van der Waals surface area (Å²) >= 11 is 3.43. The highest BCUT2D eigenvalue weighted by atomic mass is 79.9. The average Bonchev–Trinajstić information content (AvgIpc) is 2.46. The minimum atomic E-state index is 0.499. The molecule has 4 nitrogen and oxygen atoms in total. The molecular weight excluding hydrogens is 234 g/mol. The second-order valence-electron chi connectivity index (χ2n) is 2.62. The maximum absolute atomic E-state index is 5.03. The molecule has 2 heterocycles. The van der Waals surface area contributed by atoms with Gasteiger partial charge in [-0.15, -0.1) is 0 Å². The van der Waals surface area contributed by atoms with Crippen molar-refractivity contribution in [1.82, 2.24) is 14.5 Å². The van der Waals surface area contributed by atoms with Gasteiger partial charge in [0.2, 0.25) is 0 Å². The van der Waals surface area contributed by atoms with Crippen LogP contribution in [-0.2, 0) is 11.5 Å². The highest BCUT2D eigenvalue weighted by molar-refractivity contribution is 9.10. The van der Waals surface area contributed by atoms with Gasteiger partial charge in [-0.05, 0) is 15.9 Å². The van der Waals surface area contributed by atoms with Gasteiger partial charge in [0.25, 0.3) is 0 Å². The summed E-state index contributed by atoms with van der Waals surface area (Å²) in [7, 11) is 1.65. The molecule has 0 radical (unpaired) electrons. The van der Waals surface area contributed by atoms with Gasteiger partial charge in [-0.2, -0.15) is 0 Å². The second kappa shape index (κ2) is 3.43. The molecule has 2 aromatic rings. The van der Waals surface area contributed by atoms with Crippen molar-refractivity contribution < 1.29 is 4.74 Å². The van der Waals surface area contributed by atoms with Crippen molar-refractivity contribution in [2.75, 3.05) is 7.11 Å². The normalized spacial score (nSPS) is 10.9. The molecule has 0 bridgehead atoms. The van der Waals surface area contributed by atoms with Gasteiger partial charge in [-0.3, -0.25) is 0 Å². The number of aromatic nitrogens is 3. The third-order valence-electron chi connectivity index (χ3n) is 1.76. The lowest BCUT2D eigenvalue weighted by Gasteiger charge is -2.00. The summed E-state index contributed by atoms with van der Waals surface area (Å²) in [5, 5.41) is 1.000. The largest absolute Gasteiger partial charge is 0.364 e. The molecule has 0 fully saturated rings. The van der Waals surface area contributed by atoms with Crippen molar-refractivity contribution in [2.24, 2.45) is 0 Å². The Kier molecular flexibility index (Phi) is 2.28. The predicted molar refractivity (Wildman–Crippen MR) is 52.2 cm³/mol. The molecule has 5 heteroatoms. The molecule has 0 amide bonds. The summed E-state index contributed by atoms with van der Waals surface area (Å²) < 4.78 is 7.94. The van der Waals surface area contributed by atoms with E-state index in [4.69, 9.17) is 4.74 Å². The van der Waals surface area contributed by atoms with E-state index in [0.717, 1.165) is 15.5 Å². The Morgan fingerprint density at radius 1 is 1.62 bits per heavy atom. The number of halogens is 1. The first-order valence-corrected chi connectivity index (χ1v) is 4.55. The van der Waals surface area contributed by atoms with Crippen LogP contribution in [0.1, 0.15) is 0 Å². The summed E-state index contributed by atoms with van der Waals surface area (Å²) in [4.78, 5) is 8.11. The summed E-state index contributed by atoms with van der Waals surface area (Å²) in [6.07, 6.45) is 5.24. The van der Waals surface area contributed by atoms with Gasteiger partial charge in [0.1, 0.15) is 18.7 Å². The summed E-state index contributed by atoms with van der Waals surface area (Å²) in [5.41, 5.74) is 0.878. The van der Waals surface area contributed by atoms with Crippen molar-refractivity contribution in [1.29, 1.82) is 0 Å². The first-order valence-electron chi connectivity index (χ1n) is 3.76. The van der Waals surface area contributed by atoms with E-state index in [9.17, 15) is 0 Å². The Balaban J connectivity index is 2.63. The fraction of sp³-hybridized carbons (Fsp3) is 0.250. The Morgan fingerprint density at radius 2 is 2.46 bits per heavy atom. The molecule has 0 aliphatic heterocycles. The second-order valence-corrected chi connectivity index (χ2v) is 3.48. The van der Waals surface area contributed by atoms with Crippen molar-refractivity contribution in [3.63, 3.8) is 0 Å². The zero-order valence-corrected chi connectivity index (χ0v) is 8.65. The fourth-order valence-electron chi connectivity index (χ4n) is 1.23. The molecule has 0 atom stereocenters. The zero-order valence-electron chi connectivity index (χ0n) is 7.07. The van der Waals surface area contributed by atoms with Gasteiger partial charge < -0.3 is 9.30 Å². The quantitative estimate of drug-likeness (QED) is 0.806. The van der Waals surface area contributed by atoms with Crippen molar-refractivity contribution in [3.05, 3.63) is 23.2 Å². The molecule has 0 N–H and O–H groups in total. The Hall–Kier alpha value is -0.940. The van der Waals surface area contributed by atoms with E-state index in [-0.39, 0.29) is 0 Å². The summed E-state index contributed by atoms with van der Waals surface area (Å²) in [6, 6.07) is 0. The van der Waals surface area contributed by atoms with Gasteiger partial charge in [-0.25, -0.2) is 9.97 Å². The Bertz CT molecular complexity index is 426. The van der Waals surface area contributed by atoms with Crippen molar-refractivity contribution in [2.45, 2.75) is 6.73 Å². The highest BCUT2D eigenvalue weighted by Crippen LogP contribution is 2.23. The van der Waals surface area contributed by atoms with Gasteiger partial charge in [0.15, 0.2) is 0 Å². The van der Waals surface area contributed by atoms with Crippen LogP contribution in [0.4, 0.5) is 0 Å². The lowest BCUT2D eigenvalue weighted by Crippen LogP contribution is -1.98. The molecule has 0 saturated carbocycles. The van der Waals surface area contributed by atoms with E-state index in [1.807, 2.05) is 10.8 Å². The third-order valence-corrected chi connectivity index (χ3v) is 2.39. The topological polar surface area (TPSA) is 39.9 Å². The van der Waals surface area contributed by atoms with E-state index in [0.29, 0.717) is 6.73 Å². The van der Waals surface area contributed by atoms with E-state index in [2.05, 4.69) is 25.9 Å². The van der Waals surface area contributed by atoms with Crippen LogP contribution in [0.3, 0.4) is 0 Å². The Morgan fingerprint density at radius 3 is 3.23 bits per heavy atom. The number of ether oxygens (including phenoxy) is 1. The van der Waals surface area contributed by atoms with Crippen LogP contribution in [0.2, 0.25) is 0 Å². The van der Waals surface area contributed by atoms with Crippen LogP contribution < -0.4 is 0 Å². The lowest BCUT2D eigenvalue weighted by molar-refractivity contribution is 0.134. The van der Waals surface area contributed by atoms with Gasteiger partial charge in [0, 0.05) is 24.0 Å². The van der Waals surface area contributed by atoms with Crippen LogP contribution in [0, 0.1) is 0 Å². The van der Waals surface area contributed by atoms with E-state index in [1.165, 1.54) is 6.33 Å². The lowest BCUT2D eigenvalue weighted by atomic mass is 10.4. The molecule has 0 unspecified atom stereocenters. The molecule has 13 heavy (non-hydrogen) atoms. The number of rotatable bonds is 2. The summed E-state index contributed by atoms with van der Waals surface area (Å²) in [6.45, 7) is 0.499. The van der Waals surface area contributed by atoms with Gasteiger partial charge >= 0.3 is 0 Å². The fourth-order valence-corrected chi connectivity index (χ4v) is 1.75. The first kappa shape index (κ1) is 8.65. The van der Waals surface area contributed by atoms with Crippen LogP contribution in [-0.4, -0.2) is 21.6 Å². The van der Waals surface area contributed by atoms with Crippen LogP contribution in [0.5, 0.6) is 0 Å². The molecule has 0 spiro atoms. The Labute approximate surface area is 83.7 Å². The first-order chi connectivity index (χ1) is 6.33. The molecular formula is C8H8BrN3O. The monoisotopic (exact) mass is 241 g/mol. The number of nitrogens with zero attached hydrogens (tertiary/aromatic N) is 3. The van der Waals surface area contributed by atoms with E-state index in [1.54, 1.807) is 13.3 Å². The van der Waals surface area contributed by atoms with Crippen LogP contribution in [0.15, 0.2) is 23.2 Å². The third kappa shape index (κ3) is 1.45. The van der Waals surface area contributed by atoms with Gasteiger partial charge in [0.05, 0.1) is 5.39 Å². The minimum Gasteiger partial charge on any atom is -0.364 e. The van der Waals surface area contributed by atoms with Crippen LogP contribution in [0.25, 0.3) is 11.0 Å². The number of hydrogen-bond acceptors (Lipinski definition) is 3. The molecule has 0 aromatic carbocycles. The van der Waals surface area contributed by atoms with Crippen molar-refractivity contribution >= 4 is 27.0 Å². The summed E-state index contributed by atoms with van der Waals surface area (Å²) in [5.74, 6) is 0. The molecule has 0 aliphatic rings. The zero-order chi connectivity index (χ0) is 9.26. The maximum atomic E-state index is 5.03. The average molecular weight is 242 g/mol. The SMILES string of the molecule is COCn1cc(Br)c2cncnc21. The van der Waals surface area contributed by atoms with E-state index >= 15 is 0 Å². The molecule has 0 aliphatic carbocycles. The molecule has 2 rings (SSSR count). The van der Waals surface area contributed by atoms with Gasteiger partial charge in [-0.1, -0.05) is 0 Å². The van der Waals surface area contributed by atoms with Crippen molar-refractivity contribution in [3.8, 4) is 0 Å². The number of methoxy groups -OCH3 is 1. The van der Waals surface area contributed by atoms with Crippen LogP contribution >= 0.6 is 15.9 Å². The molecule has 0 saturated heterocycles. The number of fused-ring (bicyclic) bond motifs is 1. The standard InChI is InChI=1S/C8H8BrN3O/c1-13-5-12-3-7(9)6-2-10-4-11-8(6)12/h2-4H,5H2,1H3. The smallest absolute Gasteiger partial charge is 0.146 e. The van der Waals surface area contributed by atoms with E-state index < -0.39 is 0 Å². The molecule has 2 aromatic heterocycles. The highest BCUT2D eigenvalue weighted by Gasteiger charge is 2.06. The molecule has 68 valence electrons. The number of hydrogen-bond donors (Lipinski definition) is 0. The minimum absolute atomic E-state index is 0.499. The predicted octanol–water partition coefficient (Wildman–Crippen LogP) is 1.80. The maximum Gasteiger partial charge on any atom is 0.146 e.